The van der Waals surface area contributed by atoms with Gasteiger partial charge in [-0.15, -0.1) is 0 Å². The SMILES string of the molecule is O=C1O[C@@H](C(=O)Nc2cc(Cl)ccc2-n2cccn2)Cc2ccccc21. The molecule has 1 N–H and O–H groups in total. The first-order valence-corrected chi connectivity index (χ1v) is 8.39. The number of cyclic esters (lactones) is 1. The molecule has 0 aliphatic carbocycles. The number of hydrogen-bond donors (Lipinski definition) is 1. The number of rotatable bonds is 3. The van der Waals surface area contributed by atoms with Crippen LogP contribution in [0.2, 0.25) is 5.02 Å². The molecule has 0 bridgehead atoms. The van der Waals surface area contributed by atoms with Crippen molar-refractivity contribution < 1.29 is 14.3 Å². The van der Waals surface area contributed by atoms with Crippen molar-refractivity contribution in [1.82, 2.24) is 9.78 Å². The van der Waals surface area contributed by atoms with Gasteiger partial charge in [0.2, 0.25) is 0 Å². The van der Waals surface area contributed by atoms with Crippen LogP contribution < -0.4 is 5.32 Å². The van der Waals surface area contributed by atoms with Gasteiger partial charge in [-0.25, -0.2) is 9.48 Å². The molecule has 2 heterocycles. The summed E-state index contributed by atoms with van der Waals surface area (Å²) in [7, 11) is 0. The van der Waals surface area contributed by atoms with Crippen LogP contribution in [0.15, 0.2) is 60.9 Å². The average Bonchev–Trinajstić information content (AvgIpc) is 3.16. The first-order valence-electron chi connectivity index (χ1n) is 8.01. The Kier molecular flexibility index (Phi) is 4.18. The van der Waals surface area contributed by atoms with Gasteiger partial charge in [0.05, 0.1) is 16.9 Å². The molecule has 1 aliphatic rings. The summed E-state index contributed by atoms with van der Waals surface area (Å²) >= 11 is 6.07. The van der Waals surface area contributed by atoms with Gasteiger partial charge in [-0.2, -0.15) is 5.10 Å². The number of carbonyl (C=O) groups excluding carboxylic acids is 2. The molecule has 2 aromatic carbocycles. The summed E-state index contributed by atoms with van der Waals surface area (Å²) in [6, 6.07) is 14.0. The predicted octanol–water partition coefficient (Wildman–Crippen LogP) is 3.25. The first kappa shape index (κ1) is 16.4. The van der Waals surface area contributed by atoms with Crippen LogP contribution in [-0.2, 0) is 16.0 Å². The average molecular weight is 368 g/mol. The second-order valence-electron chi connectivity index (χ2n) is 5.86. The number of carbonyl (C=O) groups is 2. The number of hydrogen-bond acceptors (Lipinski definition) is 4. The van der Waals surface area contributed by atoms with E-state index in [1.807, 2.05) is 12.1 Å². The molecule has 1 amide bonds. The third-order valence-corrected chi connectivity index (χ3v) is 4.39. The number of amides is 1. The number of halogens is 1. The van der Waals surface area contributed by atoms with Gasteiger partial charge >= 0.3 is 5.97 Å². The third kappa shape index (κ3) is 3.07. The number of aromatic nitrogens is 2. The Bertz CT molecular complexity index is 985. The smallest absolute Gasteiger partial charge is 0.339 e. The molecular formula is C19H14ClN3O3. The Labute approximate surface area is 154 Å². The maximum Gasteiger partial charge on any atom is 0.339 e. The van der Waals surface area contributed by atoms with Crippen LogP contribution in [0.25, 0.3) is 5.69 Å². The number of anilines is 1. The molecular weight excluding hydrogens is 354 g/mol. The standard InChI is InChI=1S/C19H14ClN3O3/c20-13-6-7-16(23-9-3-8-21-23)15(11-13)22-18(24)17-10-12-4-1-2-5-14(12)19(25)26-17/h1-9,11,17H,10H2,(H,22,24)/t17-/m1/s1. The molecule has 0 spiro atoms. The summed E-state index contributed by atoms with van der Waals surface area (Å²) < 4.78 is 6.92. The highest BCUT2D eigenvalue weighted by molar-refractivity contribution is 6.31. The van der Waals surface area contributed by atoms with Crippen LogP contribution in [0.5, 0.6) is 0 Å². The van der Waals surface area contributed by atoms with Crippen molar-refractivity contribution in [3.8, 4) is 5.69 Å². The summed E-state index contributed by atoms with van der Waals surface area (Å²) in [5, 5.41) is 7.45. The number of benzene rings is 2. The molecule has 0 radical (unpaired) electrons. The number of esters is 1. The summed E-state index contributed by atoms with van der Waals surface area (Å²) in [6.45, 7) is 0. The van der Waals surface area contributed by atoms with Gasteiger partial charge < -0.3 is 10.1 Å². The van der Waals surface area contributed by atoms with E-state index in [9.17, 15) is 9.59 Å². The van der Waals surface area contributed by atoms with Gasteiger partial charge in [0.1, 0.15) is 0 Å². The lowest BCUT2D eigenvalue weighted by Gasteiger charge is -2.24. The highest BCUT2D eigenvalue weighted by Crippen LogP contribution is 2.26. The molecule has 3 aromatic rings. The van der Waals surface area contributed by atoms with E-state index in [-0.39, 0.29) is 0 Å². The van der Waals surface area contributed by atoms with E-state index >= 15 is 0 Å². The molecule has 0 unspecified atom stereocenters. The molecule has 1 atom stereocenters. The van der Waals surface area contributed by atoms with Gasteiger partial charge in [0.15, 0.2) is 6.10 Å². The molecule has 6 nitrogen and oxygen atoms in total. The summed E-state index contributed by atoms with van der Waals surface area (Å²) in [4.78, 5) is 24.8. The minimum Gasteiger partial charge on any atom is -0.448 e. The highest BCUT2D eigenvalue weighted by atomic mass is 35.5. The Morgan fingerprint density at radius 3 is 2.88 bits per heavy atom. The Morgan fingerprint density at radius 1 is 1.23 bits per heavy atom. The van der Waals surface area contributed by atoms with Crippen molar-refractivity contribution in [2.24, 2.45) is 0 Å². The van der Waals surface area contributed by atoms with Gasteiger partial charge in [-0.1, -0.05) is 29.8 Å². The number of nitrogens with one attached hydrogen (secondary N) is 1. The van der Waals surface area contributed by atoms with Crippen molar-refractivity contribution >= 4 is 29.2 Å². The largest absolute Gasteiger partial charge is 0.448 e. The van der Waals surface area contributed by atoms with Crippen molar-refractivity contribution in [3.05, 3.63) is 77.1 Å². The Balaban J connectivity index is 1.60. The zero-order valence-corrected chi connectivity index (χ0v) is 14.3. The van der Waals surface area contributed by atoms with Crippen molar-refractivity contribution in [2.45, 2.75) is 12.5 Å². The molecule has 0 saturated heterocycles. The van der Waals surface area contributed by atoms with Crippen LogP contribution in [0.3, 0.4) is 0 Å². The van der Waals surface area contributed by atoms with Crippen molar-refractivity contribution in [2.75, 3.05) is 5.32 Å². The molecule has 0 saturated carbocycles. The first-order chi connectivity index (χ1) is 12.6. The molecule has 0 fully saturated rings. The van der Waals surface area contributed by atoms with Gasteiger partial charge in [-0.05, 0) is 35.9 Å². The Hall–Kier alpha value is -3.12. The fraction of sp³-hybridized carbons (Fsp3) is 0.105. The number of nitrogens with zero attached hydrogens (tertiary/aromatic N) is 2. The van der Waals surface area contributed by atoms with Crippen LogP contribution in [0.4, 0.5) is 5.69 Å². The van der Waals surface area contributed by atoms with E-state index in [0.29, 0.717) is 28.4 Å². The summed E-state index contributed by atoms with van der Waals surface area (Å²) in [5.74, 6) is -0.908. The lowest BCUT2D eigenvalue weighted by Crippen LogP contribution is -2.38. The predicted molar refractivity (Wildman–Crippen MR) is 96.6 cm³/mol. The van der Waals surface area contributed by atoms with Gasteiger partial charge in [0.25, 0.3) is 5.91 Å². The lowest BCUT2D eigenvalue weighted by molar-refractivity contribution is -0.125. The third-order valence-electron chi connectivity index (χ3n) is 4.15. The molecule has 26 heavy (non-hydrogen) atoms. The fourth-order valence-electron chi connectivity index (χ4n) is 2.91. The van der Waals surface area contributed by atoms with Gasteiger partial charge in [0, 0.05) is 23.8 Å². The molecule has 7 heteroatoms. The van der Waals surface area contributed by atoms with E-state index in [1.54, 1.807) is 53.5 Å². The van der Waals surface area contributed by atoms with E-state index in [4.69, 9.17) is 16.3 Å². The summed E-state index contributed by atoms with van der Waals surface area (Å²) in [6.07, 6.45) is 2.82. The van der Waals surface area contributed by atoms with E-state index in [1.165, 1.54) is 0 Å². The van der Waals surface area contributed by atoms with Crippen LogP contribution in [0.1, 0.15) is 15.9 Å². The highest BCUT2D eigenvalue weighted by Gasteiger charge is 2.31. The van der Waals surface area contributed by atoms with Gasteiger partial charge in [-0.3, -0.25) is 4.79 Å². The maximum absolute atomic E-state index is 12.7. The molecule has 1 aliphatic heterocycles. The maximum atomic E-state index is 12.7. The topological polar surface area (TPSA) is 73.2 Å². The zero-order chi connectivity index (χ0) is 18.1. The molecule has 130 valence electrons. The van der Waals surface area contributed by atoms with Crippen LogP contribution in [0, 0.1) is 0 Å². The number of ether oxygens (including phenoxy) is 1. The van der Waals surface area contributed by atoms with Crippen LogP contribution >= 0.6 is 11.6 Å². The fourth-order valence-corrected chi connectivity index (χ4v) is 3.08. The Morgan fingerprint density at radius 2 is 2.08 bits per heavy atom. The lowest BCUT2D eigenvalue weighted by atomic mass is 9.98. The molecule has 1 aromatic heterocycles. The quantitative estimate of drug-likeness (QED) is 0.721. The van der Waals surface area contributed by atoms with E-state index < -0.39 is 18.0 Å². The second-order valence-corrected chi connectivity index (χ2v) is 6.29. The number of fused-ring (bicyclic) bond motifs is 1. The van der Waals surface area contributed by atoms with Crippen LogP contribution in [-0.4, -0.2) is 27.8 Å². The normalized spacial score (nSPS) is 15.9. The zero-order valence-electron chi connectivity index (χ0n) is 13.6. The van der Waals surface area contributed by atoms with Crippen molar-refractivity contribution in [3.63, 3.8) is 0 Å². The minimum absolute atomic E-state index is 0.325. The van der Waals surface area contributed by atoms with E-state index in [2.05, 4.69) is 10.4 Å². The second kappa shape index (κ2) is 6.65. The minimum atomic E-state index is -0.901. The van der Waals surface area contributed by atoms with Crippen molar-refractivity contribution in [1.29, 1.82) is 0 Å². The summed E-state index contributed by atoms with van der Waals surface area (Å²) in [5.41, 5.74) is 2.44. The molecule has 4 rings (SSSR count). The van der Waals surface area contributed by atoms with E-state index in [0.717, 1.165) is 5.56 Å². The monoisotopic (exact) mass is 367 g/mol.